The van der Waals surface area contributed by atoms with Crippen LogP contribution in [0, 0.1) is 6.92 Å². The molecule has 1 aromatic rings. The van der Waals surface area contributed by atoms with Crippen molar-refractivity contribution in [3.05, 3.63) is 17.4 Å². The van der Waals surface area contributed by atoms with Gasteiger partial charge in [-0.1, -0.05) is 13.3 Å². The molecule has 2 heterocycles. The lowest BCUT2D eigenvalue weighted by molar-refractivity contribution is 0.0724. The number of hydrogen-bond donors (Lipinski definition) is 1. The highest BCUT2D eigenvalue weighted by Crippen LogP contribution is 2.25. The number of primary sulfonamides is 1. The summed E-state index contributed by atoms with van der Waals surface area (Å²) in [4.78, 5) is 14.4. The number of nitrogens with zero attached hydrogens (tertiary/aromatic N) is 1. The van der Waals surface area contributed by atoms with Gasteiger partial charge in [0.05, 0.1) is 0 Å². The Morgan fingerprint density at radius 3 is 2.82 bits per heavy atom. The van der Waals surface area contributed by atoms with Crippen LogP contribution in [0.25, 0.3) is 0 Å². The highest BCUT2D eigenvalue weighted by Gasteiger charge is 2.28. The zero-order valence-electron chi connectivity index (χ0n) is 12.9. The summed E-state index contributed by atoms with van der Waals surface area (Å²) in [6.07, 6.45) is 3.15. The summed E-state index contributed by atoms with van der Waals surface area (Å²) in [5.41, 5.74) is 0.498. The fourth-order valence-electron chi connectivity index (χ4n) is 2.61. The molecule has 0 aromatic carbocycles. The van der Waals surface area contributed by atoms with Crippen molar-refractivity contribution in [2.75, 3.05) is 18.8 Å². The Balaban J connectivity index is 2.21. The van der Waals surface area contributed by atoms with Crippen LogP contribution in [0.1, 0.15) is 42.3 Å². The molecule has 0 saturated carbocycles. The van der Waals surface area contributed by atoms with Crippen LogP contribution in [-0.4, -0.2) is 43.3 Å². The molecule has 1 saturated heterocycles. The number of carbonyl (C=O) groups excluding carboxylic acids is 1. The van der Waals surface area contributed by atoms with E-state index < -0.39 is 10.0 Å². The Labute approximate surface area is 135 Å². The summed E-state index contributed by atoms with van der Waals surface area (Å²) in [5, 5.41) is 5.12. The maximum absolute atomic E-state index is 12.7. The quantitative estimate of drug-likeness (QED) is 0.900. The van der Waals surface area contributed by atoms with E-state index in [0.29, 0.717) is 23.9 Å². The number of nitrogens with two attached hydrogens (primary N) is 1. The van der Waals surface area contributed by atoms with Gasteiger partial charge in [0.2, 0.25) is 5.09 Å². The number of sulfonamides is 1. The summed E-state index contributed by atoms with van der Waals surface area (Å²) in [7, 11) is -3.94. The molecular weight excluding hydrogens is 324 g/mol. The molecule has 1 amide bonds. The number of hydrogen-bond acceptors (Lipinski definition) is 5. The van der Waals surface area contributed by atoms with E-state index in [1.54, 1.807) is 11.8 Å². The van der Waals surface area contributed by atoms with Crippen molar-refractivity contribution in [2.24, 2.45) is 5.14 Å². The summed E-state index contributed by atoms with van der Waals surface area (Å²) >= 11 is 1.86. The van der Waals surface area contributed by atoms with Crippen LogP contribution in [0.4, 0.5) is 0 Å². The van der Waals surface area contributed by atoms with Crippen molar-refractivity contribution in [2.45, 2.75) is 43.5 Å². The van der Waals surface area contributed by atoms with Gasteiger partial charge in [0.25, 0.3) is 15.9 Å². The molecule has 1 unspecified atom stereocenters. The van der Waals surface area contributed by atoms with Gasteiger partial charge >= 0.3 is 0 Å². The standard InChI is InChI=1S/C14H22N2O4S2/c1-3-21-11-6-4-5-7-16(9-11)14(17)13-10(2)8-12(20-13)22(15,18)19/h8,11H,3-7,9H2,1-2H3,(H2,15,18,19). The minimum atomic E-state index is -3.94. The Hall–Kier alpha value is -0.990. The van der Waals surface area contributed by atoms with Gasteiger partial charge in [0.15, 0.2) is 5.76 Å². The zero-order valence-corrected chi connectivity index (χ0v) is 14.5. The van der Waals surface area contributed by atoms with Gasteiger partial charge in [-0.15, -0.1) is 0 Å². The predicted octanol–water partition coefficient (Wildman–Crippen LogP) is 1.98. The number of aryl methyl sites for hydroxylation is 1. The third kappa shape index (κ3) is 4.05. The Morgan fingerprint density at radius 1 is 1.50 bits per heavy atom. The van der Waals surface area contributed by atoms with Crippen LogP contribution >= 0.6 is 11.8 Å². The van der Waals surface area contributed by atoms with E-state index in [4.69, 9.17) is 9.56 Å². The van der Waals surface area contributed by atoms with Crippen LogP contribution in [0.2, 0.25) is 0 Å². The molecule has 0 spiro atoms. The second-order valence-corrected chi connectivity index (χ2v) is 8.52. The van der Waals surface area contributed by atoms with E-state index in [-0.39, 0.29) is 16.8 Å². The fraction of sp³-hybridized carbons (Fsp3) is 0.643. The average Bonchev–Trinajstić information content (AvgIpc) is 2.68. The number of amides is 1. The summed E-state index contributed by atoms with van der Waals surface area (Å²) < 4.78 is 27.9. The van der Waals surface area contributed by atoms with E-state index in [1.165, 1.54) is 6.07 Å². The lowest BCUT2D eigenvalue weighted by Crippen LogP contribution is -2.35. The second-order valence-electron chi connectivity index (χ2n) is 5.45. The normalized spacial score (nSPS) is 20.0. The molecular formula is C14H22N2O4S2. The molecule has 1 aliphatic rings. The molecule has 2 N–H and O–H groups in total. The number of thioether (sulfide) groups is 1. The molecule has 0 bridgehead atoms. The Kier molecular flexibility index (Phi) is 5.57. The summed E-state index contributed by atoms with van der Waals surface area (Å²) in [5.74, 6) is 0.837. The molecule has 0 aliphatic carbocycles. The van der Waals surface area contributed by atoms with Crippen LogP contribution in [0.15, 0.2) is 15.6 Å². The summed E-state index contributed by atoms with van der Waals surface area (Å²) in [6, 6.07) is 1.30. The molecule has 1 aliphatic heterocycles. The fourth-order valence-corrected chi connectivity index (χ4v) is 4.24. The van der Waals surface area contributed by atoms with Crippen molar-refractivity contribution in [1.29, 1.82) is 0 Å². The first-order chi connectivity index (χ1) is 10.3. The van der Waals surface area contributed by atoms with Crippen LogP contribution in [0.5, 0.6) is 0 Å². The highest BCUT2D eigenvalue weighted by atomic mass is 32.2. The SMILES string of the molecule is CCSC1CCCCN(C(=O)c2oc(S(N)(=O)=O)cc2C)C1. The van der Waals surface area contributed by atoms with Crippen molar-refractivity contribution in [3.8, 4) is 0 Å². The zero-order chi connectivity index (χ0) is 16.3. The molecule has 1 atom stereocenters. The van der Waals surface area contributed by atoms with Crippen molar-refractivity contribution < 1.29 is 17.6 Å². The van der Waals surface area contributed by atoms with Crippen LogP contribution in [-0.2, 0) is 10.0 Å². The minimum Gasteiger partial charge on any atom is -0.438 e. The Morgan fingerprint density at radius 2 is 2.23 bits per heavy atom. The van der Waals surface area contributed by atoms with Crippen LogP contribution < -0.4 is 5.14 Å². The minimum absolute atomic E-state index is 0.0752. The van der Waals surface area contributed by atoms with E-state index >= 15 is 0 Å². The van der Waals surface area contributed by atoms with Gasteiger partial charge in [-0.25, -0.2) is 13.6 Å². The van der Waals surface area contributed by atoms with Gasteiger partial charge in [-0.05, 0) is 25.5 Å². The first-order valence-corrected chi connectivity index (χ1v) is 9.96. The second kappa shape index (κ2) is 7.06. The van der Waals surface area contributed by atoms with Gasteiger partial charge < -0.3 is 9.32 Å². The monoisotopic (exact) mass is 346 g/mol. The molecule has 2 rings (SSSR count). The smallest absolute Gasteiger partial charge is 0.289 e. The maximum Gasteiger partial charge on any atom is 0.289 e. The van der Waals surface area contributed by atoms with E-state index in [9.17, 15) is 13.2 Å². The van der Waals surface area contributed by atoms with Crippen molar-refractivity contribution in [1.82, 2.24) is 4.90 Å². The third-order valence-electron chi connectivity index (χ3n) is 3.69. The molecule has 8 heteroatoms. The number of carbonyl (C=O) groups is 1. The molecule has 1 fully saturated rings. The lowest BCUT2D eigenvalue weighted by atomic mass is 10.2. The largest absolute Gasteiger partial charge is 0.438 e. The van der Waals surface area contributed by atoms with E-state index in [2.05, 4.69) is 6.92 Å². The molecule has 124 valence electrons. The first-order valence-electron chi connectivity index (χ1n) is 7.37. The Bertz CT molecular complexity index is 639. The molecule has 22 heavy (non-hydrogen) atoms. The topological polar surface area (TPSA) is 93.6 Å². The van der Waals surface area contributed by atoms with E-state index in [1.807, 2.05) is 11.8 Å². The molecule has 0 radical (unpaired) electrons. The molecule has 6 nitrogen and oxygen atoms in total. The first kappa shape index (κ1) is 17.4. The van der Waals surface area contributed by atoms with Gasteiger partial charge in [0, 0.05) is 30.0 Å². The number of rotatable bonds is 4. The van der Waals surface area contributed by atoms with Gasteiger partial charge in [0.1, 0.15) is 0 Å². The van der Waals surface area contributed by atoms with Gasteiger partial charge in [-0.3, -0.25) is 4.79 Å². The van der Waals surface area contributed by atoms with Gasteiger partial charge in [-0.2, -0.15) is 11.8 Å². The van der Waals surface area contributed by atoms with E-state index in [0.717, 1.165) is 25.0 Å². The number of furan rings is 1. The predicted molar refractivity (Wildman–Crippen MR) is 86.5 cm³/mol. The maximum atomic E-state index is 12.7. The van der Waals surface area contributed by atoms with Crippen LogP contribution in [0.3, 0.4) is 0 Å². The summed E-state index contributed by atoms with van der Waals surface area (Å²) in [6.45, 7) is 5.10. The lowest BCUT2D eigenvalue weighted by Gasteiger charge is -2.23. The van der Waals surface area contributed by atoms with Crippen molar-refractivity contribution >= 4 is 27.7 Å². The third-order valence-corrected chi connectivity index (χ3v) is 5.64. The number of likely N-dealkylation sites (tertiary alicyclic amines) is 1. The average molecular weight is 346 g/mol. The molecule has 1 aromatic heterocycles. The highest BCUT2D eigenvalue weighted by molar-refractivity contribution is 7.99. The van der Waals surface area contributed by atoms with Crippen molar-refractivity contribution in [3.63, 3.8) is 0 Å².